The van der Waals surface area contributed by atoms with Crippen LogP contribution in [0.2, 0.25) is 0 Å². The standard InChI is InChI=1S/C33H43N5O4/c1-33(2,3)23-13-10-21(11-14-23)18-37-20-35-26-17-27(31(39)36-25-9-7-6-8-24(25)34)38(19-28(26)37)32(40)22-12-15-29(41-4)30(16-22)42-5/h10-16,20,24-25,27H,6-9,17-19,34H2,1-5H3,(H,36,39). The molecule has 1 aliphatic heterocycles. The summed E-state index contributed by atoms with van der Waals surface area (Å²) in [4.78, 5) is 34.2. The molecule has 0 spiro atoms. The molecular weight excluding hydrogens is 530 g/mol. The van der Waals surface area contributed by atoms with Gasteiger partial charge in [-0.2, -0.15) is 0 Å². The van der Waals surface area contributed by atoms with Gasteiger partial charge in [0.25, 0.3) is 5.91 Å². The van der Waals surface area contributed by atoms with Crippen LogP contribution in [-0.4, -0.2) is 58.6 Å². The number of carbonyl (C=O) groups is 2. The number of amides is 2. The number of nitrogens with zero attached hydrogens (tertiary/aromatic N) is 3. The van der Waals surface area contributed by atoms with Gasteiger partial charge < -0.3 is 30.0 Å². The molecule has 9 nitrogen and oxygen atoms in total. The first-order valence-corrected chi connectivity index (χ1v) is 14.8. The third-order valence-corrected chi connectivity index (χ3v) is 8.63. The molecule has 2 amide bonds. The van der Waals surface area contributed by atoms with Crippen LogP contribution in [0.1, 0.15) is 79.3 Å². The number of carbonyl (C=O) groups excluding carboxylic acids is 2. The first kappa shape index (κ1) is 29.6. The number of hydrogen-bond acceptors (Lipinski definition) is 6. The largest absolute Gasteiger partial charge is 0.493 e. The second-order valence-corrected chi connectivity index (χ2v) is 12.5. The summed E-state index contributed by atoms with van der Waals surface area (Å²) in [6.45, 7) is 7.49. The minimum Gasteiger partial charge on any atom is -0.493 e. The molecule has 1 aliphatic carbocycles. The maximum Gasteiger partial charge on any atom is 0.255 e. The van der Waals surface area contributed by atoms with Gasteiger partial charge in [-0.1, -0.05) is 57.9 Å². The predicted molar refractivity (Wildman–Crippen MR) is 162 cm³/mol. The topological polar surface area (TPSA) is 112 Å². The van der Waals surface area contributed by atoms with E-state index in [-0.39, 0.29) is 35.9 Å². The Morgan fingerprint density at radius 3 is 2.40 bits per heavy atom. The lowest BCUT2D eigenvalue weighted by molar-refractivity contribution is -0.127. The molecule has 224 valence electrons. The number of nitrogens with one attached hydrogen (secondary N) is 1. The van der Waals surface area contributed by atoms with Crippen molar-refractivity contribution in [1.29, 1.82) is 0 Å². The third kappa shape index (κ3) is 6.16. The van der Waals surface area contributed by atoms with Crippen LogP contribution < -0.4 is 20.5 Å². The molecule has 5 rings (SSSR count). The van der Waals surface area contributed by atoms with E-state index in [4.69, 9.17) is 20.2 Å². The first-order chi connectivity index (χ1) is 20.1. The van der Waals surface area contributed by atoms with Gasteiger partial charge in [0.2, 0.25) is 5.91 Å². The van der Waals surface area contributed by atoms with E-state index in [1.807, 2.05) is 6.33 Å². The van der Waals surface area contributed by atoms with Crippen molar-refractivity contribution in [3.63, 3.8) is 0 Å². The van der Waals surface area contributed by atoms with Crippen LogP contribution >= 0.6 is 0 Å². The van der Waals surface area contributed by atoms with Crippen molar-refractivity contribution in [2.45, 2.75) is 89.5 Å². The average molecular weight is 574 g/mol. The second-order valence-electron chi connectivity index (χ2n) is 12.5. The Morgan fingerprint density at radius 1 is 1.02 bits per heavy atom. The SMILES string of the molecule is COc1ccc(C(=O)N2Cc3c(ncn3Cc3ccc(C(C)(C)C)cc3)CC2C(=O)NC2CCCCC2N)cc1OC. The van der Waals surface area contributed by atoms with E-state index in [1.165, 1.54) is 12.7 Å². The molecule has 1 saturated carbocycles. The highest BCUT2D eigenvalue weighted by Gasteiger charge is 2.39. The van der Waals surface area contributed by atoms with Crippen molar-refractivity contribution in [2.75, 3.05) is 14.2 Å². The highest BCUT2D eigenvalue weighted by atomic mass is 16.5. The van der Waals surface area contributed by atoms with E-state index in [1.54, 1.807) is 30.2 Å². The molecule has 9 heteroatoms. The normalized spacial score (nSPS) is 20.5. The monoisotopic (exact) mass is 573 g/mol. The van der Waals surface area contributed by atoms with Gasteiger partial charge in [0, 0.05) is 30.6 Å². The van der Waals surface area contributed by atoms with Gasteiger partial charge in [0.15, 0.2) is 11.5 Å². The molecule has 42 heavy (non-hydrogen) atoms. The van der Waals surface area contributed by atoms with Gasteiger partial charge in [-0.05, 0) is 47.6 Å². The van der Waals surface area contributed by atoms with Crippen LogP contribution in [-0.2, 0) is 29.7 Å². The average Bonchev–Trinajstić information content (AvgIpc) is 3.38. The van der Waals surface area contributed by atoms with E-state index in [0.717, 1.165) is 42.6 Å². The van der Waals surface area contributed by atoms with Crippen molar-refractivity contribution in [3.05, 3.63) is 76.9 Å². The maximum absolute atomic E-state index is 14.1. The van der Waals surface area contributed by atoms with Crippen LogP contribution in [0, 0.1) is 0 Å². The smallest absolute Gasteiger partial charge is 0.255 e. The summed E-state index contributed by atoms with van der Waals surface area (Å²) in [5.41, 5.74) is 11.0. The summed E-state index contributed by atoms with van der Waals surface area (Å²) in [5.74, 6) is 0.547. The van der Waals surface area contributed by atoms with E-state index < -0.39 is 6.04 Å². The quantitative estimate of drug-likeness (QED) is 0.438. The van der Waals surface area contributed by atoms with E-state index >= 15 is 0 Å². The van der Waals surface area contributed by atoms with Crippen molar-refractivity contribution >= 4 is 11.8 Å². The number of benzene rings is 2. The number of nitrogens with two attached hydrogens (primary N) is 1. The molecule has 3 N–H and O–H groups in total. The van der Waals surface area contributed by atoms with Gasteiger partial charge in [-0.15, -0.1) is 0 Å². The summed E-state index contributed by atoms with van der Waals surface area (Å²) < 4.78 is 12.9. The lowest BCUT2D eigenvalue weighted by Crippen LogP contribution is -2.57. The van der Waals surface area contributed by atoms with Gasteiger partial charge in [-0.3, -0.25) is 9.59 Å². The zero-order chi connectivity index (χ0) is 30.0. The van der Waals surface area contributed by atoms with Crippen molar-refractivity contribution in [3.8, 4) is 11.5 Å². The third-order valence-electron chi connectivity index (χ3n) is 8.63. The molecule has 3 aromatic rings. The fourth-order valence-corrected chi connectivity index (χ4v) is 6.01. The van der Waals surface area contributed by atoms with Gasteiger partial charge in [0.05, 0.1) is 38.5 Å². The predicted octanol–water partition coefficient (Wildman–Crippen LogP) is 4.20. The van der Waals surface area contributed by atoms with Gasteiger partial charge in [-0.25, -0.2) is 4.98 Å². The Balaban J connectivity index is 1.44. The highest BCUT2D eigenvalue weighted by molar-refractivity contribution is 5.98. The Morgan fingerprint density at radius 2 is 1.74 bits per heavy atom. The number of methoxy groups -OCH3 is 2. The second kappa shape index (κ2) is 12.2. The zero-order valence-electron chi connectivity index (χ0n) is 25.4. The van der Waals surface area contributed by atoms with Crippen molar-refractivity contribution in [2.24, 2.45) is 5.73 Å². The van der Waals surface area contributed by atoms with Gasteiger partial charge in [0.1, 0.15) is 6.04 Å². The lowest BCUT2D eigenvalue weighted by Gasteiger charge is -2.37. The summed E-state index contributed by atoms with van der Waals surface area (Å²) in [7, 11) is 3.09. The highest BCUT2D eigenvalue weighted by Crippen LogP contribution is 2.31. The number of ether oxygens (including phenoxy) is 2. The van der Waals surface area contributed by atoms with Crippen LogP contribution in [0.5, 0.6) is 11.5 Å². The number of aromatic nitrogens is 2. The van der Waals surface area contributed by atoms with Crippen LogP contribution in [0.25, 0.3) is 0 Å². The Hall–Kier alpha value is -3.85. The maximum atomic E-state index is 14.1. The minimum absolute atomic E-state index is 0.0782. The number of fused-ring (bicyclic) bond motifs is 1. The zero-order valence-corrected chi connectivity index (χ0v) is 25.4. The van der Waals surface area contributed by atoms with E-state index in [0.29, 0.717) is 30.0 Å². The summed E-state index contributed by atoms with van der Waals surface area (Å²) >= 11 is 0. The summed E-state index contributed by atoms with van der Waals surface area (Å²) in [6.07, 6.45) is 5.98. The lowest BCUT2D eigenvalue weighted by atomic mass is 9.87. The van der Waals surface area contributed by atoms with Crippen LogP contribution in [0.3, 0.4) is 0 Å². The van der Waals surface area contributed by atoms with Gasteiger partial charge >= 0.3 is 0 Å². The minimum atomic E-state index is -0.707. The summed E-state index contributed by atoms with van der Waals surface area (Å²) in [5, 5.41) is 3.17. The molecule has 2 aromatic carbocycles. The van der Waals surface area contributed by atoms with Crippen LogP contribution in [0.4, 0.5) is 0 Å². The van der Waals surface area contributed by atoms with Crippen molar-refractivity contribution in [1.82, 2.24) is 19.8 Å². The molecule has 1 aromatic heterocycles. The Labute approximate surface area is 248 Å². The molecule has 3 atom stereocenters. The Kier molecular flexibility index (Phi) is 8.59. The molecule has 3 unspecified atom stereocenters. The number of hydrogen-bond donors (Lipinski definition) is 2. The molecule has 0 radical (unpaired) electrons. The molecule has 2 heterocycles. The van der Waals surface area contributed by atoms with Crippen LogP contribution in [0.15, 0.2) is 48.8 Å². The van der Waals surface area contributed by atoms with E-state index in [2.05, 4.69) is 54.9 Å². The molecule has 1 fully saturated rings. The fraction of sp³-hybridized carbons (Fsp3) is 0.485. The molecule has 0 saturated heterocycles. The molecular formula is C33H43N5O4. The fourth-order valence-electron chi connectivity index (χ4n) is 6.01. The molecule has 2 aliphatic rings. The first-order valence-electron chi connectivity index (χ1n) is 14.8. The van der Waals surface area contributed by atoms with E-state index in [9.17, 15) is 9.59 Å². The summed E-state index contributed by atoms with van der Waals surface area (Å²) in [6, 6.07) is 12.8. The molecule has 0 bridgehead atoms. The van der Waals surface area contributed by atoms with Crippen molar-refractivity contribution < 1.29 is 19.1 Å². The Bertz CT molecular complexity index is 1430. The number of imidazole rings is 1. The number of rotatable bonds is 7.